The Morgan fingerprint density at radius 3 is 2.22 bits per heavy atom. The fourth-order valence-electron chi connectivity index (χ4n) is 4.15. The summed E-state index contributed by atoms with van der Waals surface area (Å²) >= 11 is 0. The second kappa shape index (κ2) is 7.24. The van der Waals surface area contributed by atoms with E-state index in [1.165, 1.54) is 31.4 Å². The van der Waals surface area contributed by atoms with Gasteiger partial charge in [-0.3, -0.25) is 14.6 Å². The smallest absolute Gasteiger partial charge is 0.123 e. The van der Waals surface area contributed by atoms with Gasteiger partial charge in [-0.25, -0.2) is 4.39 Å². The zero-order valence-electron chi connectivity index (χ0n) is 15.9. The standard InChI is InChI=1S/C22H25FN4/c1-26(2)22(12-4-3-5-13-22)27-16-20(17-10-14-24-15-11-17)21(25-27)18-6-8-19(23)9-7-18/h6-11,14-16H,3-5,12-13H2,1-2H3. The van der Waals surface area contributed by atoms with Crippen molar-refractivity contribution in [2.45, 2.75) is 37.8 Å². The van der Waals surface area contributed by atoms with Gasteiger partial charge in [-0.2, -0.15) is 5.10 Å². The molecule has 0 saturated heterocycles. The molecule has 0 unspecified atom stereocenters. The molecule has 140 valence electrons. The molecule has 4 rings (SSSR count). The molecule has 2 heterocycles. The highest BCUT2D eigenvalue weighted by molar-refractivity contribution is 5.80. The summed E-state index contributed by atoms with van der Waals surface area (Å²) in [7, 11) is 4.27. The summed E-state index contributed by atoms with van der Waals surface area (Å²) in [6.07, 6.45) is 11.6. The third-order valence-corrected chi connectivity index (χ3v) is 5.74. The van der Waals surface area contributed by atoms with Crippen molar-refractivity contribution in [3.8, 4) is 22.4 Å². The van der Waals surface area contributed by atoms with Crippen LogP contribution in [-0.4, -0.2) is 33.8 Å². The fourth-order valence-corrected chi connectivity index (χ4v) is 4.15. The molecule has 0 aliphatic heterocycles. The molecule has 27 heavy (non-hydrogen) atoms. The number of nitrogens with zero attached hydrogens (tertiary/aromatic N) is 4. The van der Waals surface area contributed by atoms with E-state index in [0.29, 0.717) is 0 Å². The van der Waals surface area contributed by atoms with Gasteiger partial charge in [0, 0.05) is 29.7 Å². The lowest BCUT2D eigenvalue weighted by Crippen LogP contribution is -2.48. The van der Waals surface area contributed by atoms with Crippen molar-refractivity contribution in [2.24, 2.45) is 0 Å². The Morgan fingerprint density at radius 1 is 0.926 bits per heavy atom. The van der Waals surface area contributed by atoms with Crippen molar-refractivity contribution in [1.82, 2.24) is 19.7 Å². The Hall–Kier alpha value is -2.53. The van der Waals surface area contributed by atoms with Crippen LogP contribution in [0.3, 0.4) is 0 Å². The second-order valence-electron chi connectivity index (χ2n) is 7.52. The van der Waals surface area contributed by atoms with Gasteiger partial charge in [-0.15, -0.1) is 0 Å². The van der Waals surface area contributed by atoms with Crippen LogP contribution in [0.25, 0.3) is 22.4 Å². The molecular formula is C22H25FN4. The Morgan fingerprint density at radius 2 is 1.59 bits per heavy atom. The van der Waals surface area contributed by atoms with Crippen molar-refractivity contribution >= 4 is 0 Å². The van der Waals surface area contributed by atoms with Gasteiger partial charge in [0.25, 0.3) is 0 Å². The highest BCUT2D eigenvalue weighted by Gasteiger charge is 2.37. The van der Waals surface area contributed by atoms with Crippen LogP contribution in [0.5, 0.6) is 0 Å². The van der Waals surface area contributed by atoms with Gasteiger partial charge in [-0.1, -0.05) is 6.42 Å². The zero-order chi connectivity index (χ0) is 18.9. The summed E-state index contributed by atoms with van der Waals surface area (Å²) in [6.45, 7) is 0. The van der Waals surface area contributed by atoms with E-state index < -0.39 is 0 Å². The SMILES string of the molecule is CN(C)C1(n2cc(-c3ccncc3)c(-c3ccc(F)cc3)n2)CCCCC1. The van der Waals surface area contributed by atoms with E-state index in [-0.39, 0.29) is 11.5 Å². The monoisotopic (exact) mass is 364 g/mol. The number of aromatic nitrogens is 3. The molecule has 5 heteroatoms. The predicted octanol–water partition coefficient (Wildman–Crippen LogP) is 4.93. The summed E-state index contributed by atoms with van der Waals surface area (Å²) in [6, 6.07) is 10.6. The molecule has 1 aliphatic rings. The molecule has 4 nitrogen and oxygen atoms in total. The average molecular weight is 364 g/mol. The van der Waals surface area contributed by atoms with Crippen molar-refractivity contribution in [3.05, 3.63) is 60.8 Å². The van der Waals surface area contributed by atoms with E-state index in [4.69, 9.17) is 5.10 Å². The van der Waals surface area contributed by atoms with Gasteiger partial charge in [-0.05, 0) is 81.7 Å². The summed E-state index contributed by atoms with van der Waals surface area (Å²) in [5.41, 5.74) is 3.81. The lowest BCUT2D eigenvalue weighted by molar-refractivity contribution is 0.0117. The molecular weight excluding hydrogens is 339 g/mol. The molecule has 3 aromatic rings. The lowest BCUT2D eigenvalue weighted by atomic mass is 9.88. The molecule has 2 aromatic heterocycles. The van der Waals surface area contributed by atoms with E-state index in [9.17, 15) is 4.39 Å². The van der Waals surface area contributed by atoms with Gasteiger partial charge in [0.15, 0.2) is 0 Å². The first-order chi connectivity index (χ1) is 13.1. The van der Waals surface area contributed by atoms with E-state index in [1.807, 2.05) is 12.1 Å². The van der Waals surface area contributed by atoms with E-state index in [1.54, 1.807) is 24.5 Å². The molecule has 1 saturated carbocycles. The lowest BCUT2D eigenvalue weighted by Gasteiger charge is -2.43. The molecule has 1 aromatic carbocycles. The molecule has 0 radical (unpaired) electrons. The second-order valence-corrected chi connectivity index (χ2v) is 7.52. The minimum Gasteiger partial charge on any atom is -0.286 e. The Balaban J connectivity index is 1.88. The Bertz CT molecular complexity index is 894. The van der Waals surface area contributed by atoms with Crippen molar-refractivity contribution in [2.75, 3.05) is 14.1 Å². The number of rotatable bonds is 4. The summed E-state index contributed by atoms with van der Waals surface area (Å²) < 4.78 is 15.6. The van der Waals surface area contributed by atoms with Crippen LogP contribution < -0.4 is 0 Å². The highest BCUT2D eigenvalue weighted by atomic mass is 19.1. The third kappa shape index (κ3) is 3.28. The number of hydrogen-bond acceptors (Lipinski definition) is 3. The first-order valence-electron chi connectivity index (χ1n) is 9.54. The number of halogens is 1. The molecule has 0 amide bonds. The average Bonchev–Trinajstić information content (AvgIpc) is 3.15. The van der Waals surface area contributed by atoms with E-state index in [2.05, 4.69) is 34.9 Å². The minimum atomic E-state index is -0.235. The minimum absolute atomic E-state index is 0.113. The van der Waals surface area contributed by atoms with Gasteiger partial charge in [0.05, 0.1) is 0 Å². The van der Waals surface area contributed by atoms with Crippen LogP contribution >= 0.6 is 0 Å². The summed E-state index contributed by atoms with van der Waals surface area (Å²) in [5.74, 6) is -0.235. The van der Waals surface area contributed by atoms with Gasteiger partial charge < -0.3 is 0 Å². The van der Waals surface area contributed by atoms with Crippen molar-refractivity contribution < 1.29 is 4.39 Å². The first kappa shape index (κ1) is 17.9. The molecule has 0 N–H and O–H groups in total. The molecule has 0 bridgehead atoms. The van der Waals surface area contributed by atoms with Crippen LogP contribution in [0.1, 0.15) is 32.1 Å². The van der Waals surface area contributed by atoms with Crippen molar-refractivity contribution in [3.63, 3.8) is 0 Å². The maximum absolute atomic E-state index is 13.4. The predicted molar refractivity (Wildman–Crippen MR) is 106 cm³/mol. The molecule has 1 fully saturated rings. The van der Waals surface area contributed by atoms with E-state index in [0.717, 1.165) is 35.2 Å². The van der Waals surface area contributed by atoms with E-state index >= 15 is 0 Å². The van der Waals surface area contributed by atoms with Gasteiger partial charge >= 0.3 is 0 Å². The zero-order valence-corrected chi connectivity index (χ0v) is 15.9. The first-order valence-corrected chi connectivity index (χ1v) is 9.54. The van der Waals surface area contributed by atoms with Crippen LogP contribution in [0.15, 0.2) is 55.0 Å². The topological polar surface area (TPSA) is 34.0 Å². The van der Waals surface area contributed by atoms with Gasteiger partial charge in [0.2, 0.25) is 0 Å². The fraction of sp³-hybridized carbons (Fsp3) is 0.364. The number of benzene rings is 1. The Labute approximate surface area is 159 Å². The van der Waals surface area contributed by atoms with Crippen LogP contribution in [-0.2, 0) is 5.66 Å². The third-order valence-electron chi connectivity index (χ3n) is 5.74. The normalized spacial score (nSPS) is 16.6. The molecule has 1 aliphatic carbocycles. The highest BCUT2D eigenvalue weighted by Crippen LogP contribution is 2.39. The van der Waals surface area contributed by atoms with Crippen LogP contribution in [0.4, 0.5) is 4.39 Å². The quantitative estimate of drug-likeness (QED) is 0.658. The largest absolute Gasteiger partial charge is 0.286 e. The number of pyridine rings is 1. The number of hydrogen-bond donors (Lipinski definition) is 0. The maximum atomic E-state index is 13.4. The Kier molecular flexibility index (Phi) is 4.79. The molecule has 0 spiro atoms. The van der Waals surface area contributed by atoms with Crippen LogP contribution in [0.2, 0.25) is 0 Å². The summed E-state index contributed by atoms with van der Waals surface area (Å²) in [4.78, 5) is 6.43. The van der Waals surface area contributed by atoms with Crippen molar-refractivity contribution in [1.29, 1.82) is 0 Å². The molecule has 0 atom stereocenters. The van der Waals surface area contributed by atoms with Gasteiger partial charge in [0.1, 0.15) is 17.2 Å². The van der Waals surface area contributed by atoms with Crippen LogP contribution in [0, 0.1) is 5.82 Å². The maximum Gasteiger partial charge on any atom is 0.123 e. The summed E-state index contributed by atoms with van der Waals surface area (Å²) in [5, 5.41) is 5.04.